The van der Waals surface area contributed by atoms with Crippen molar-refractivity contribution in [2.75, 3.05) is 20.8 Å². The number of ether oxygens (including phenoxy) is 2. The molecule has 0 radical (unpaired) electrons. The van der Waals surface area contributed by atoms with Crippen molar-refractivity contribution in [2.45, 2.75) is 18.8 Å². The molecule has 1 atom stereocenters. The van der Waals surface area contributed by atoms with Gasteiger partial charge in [0.2, 0.25) is 12.4 Å². The molecule has 2 heterocycles. The summed E-state index contributed by atoms with van der Waals surface area (Å²) in [6, 6.07) is 7.06. The zero-order valence-electron chi connectivity index (χ0n) is 17.3. The van der Waals surface area contributed by atoms with Crippen molar-refractivity contribution >= 4 is 40.5 Å². The summed E-state index contributed by atoms with van der Waals surface area (Å²) in [5.41, 5.74) is 1.79. The molecule has 1 aromatic carbocycles. The minimum absolute atomic E-state index is 0.0635. The first-order valence-corrected chi connectivity index (χ1v) is 11.1. The Balaban J connectivity index is 2.20. The number of carboxylic acid groups (broad SMARTS) is 1. The van der Waals surface area contributed by atoms with E-state index in [2.05, 4.69) is 0 Å². The van der Waals surface area contributed by atoms with E-state index in [0.717, 1.165) is 21.6 Å². The molecule has 32 heavy (non-hydrogen) atoms. The van der Waals surface area contributed by atoms with E-state index in [4.69, 9.17) is 32.7 Å². The van der Waals surface area contributed by atoms with Crippen LogP contribution in [0.1, 0.15) is 37.2 Å². The smallest absolute Gasteiger partial charge is 0.241 e. The van der Waals surface area contributed by atoms with Crippen molar-refractivity contribution in [1.82, 2.24) is 0 Å². The van der Waals surface area contributed by atoms with Gasteiger partial charge in [0.25, 0.3) is 0 Å². The molecule has 10 heteroatoms. The summed E-state index contributed by atoms with van der Waals surface area (Å²) in [6.45, 7) is -0.111. The quantitative estimate of drug-likeness (QED) is 0.348. The second-order valence-corrected chi connectivity index (χ2v) is 8.89. The lowest BCUT2D eigenvalue weighted by Crippen LogP contribution is -2.29. The van der Waals surface area contributed by atoms with Gasteiger partial charge in [0.1, 0.15) is 10.0 Å². The highest BCUT2D eigenvalue weighted by Crippen LogP contribution is 2.40. The molecule has 0 saturated carbocycles. The molecule has 3 aromatic rings. The predicted molar refractivity (Wildman–Crippen MR) is 118 cm³/mol. The number of carbonyl (C=O) groups excluding carboxylic acids is 1. The van der Waals surface area contributed by atoms with Crippen LogP contribution in [0.4, 0.5) is 0 Å². The van der Waals surface area contributed by atoms with Crippen LogP contribution >= 0.6 is 34.5 Å². The van der Waals surface area contributed by atoms with E-state index in [9.17, 15) is 20.2 Å². The molecule has 0 fully saturated rings. The van der Waals surface area contributed by atoms with Crippen LogP contribution < -0.4 is 19.3 Å². The number of halogens is 2. The number of nitrogens with zero attached hydrogens (tertiary/aromatic N) is 1. The Kier molecular flexibility index (Phi) is 7.84. The maximum absolute atomic E-state index is 11.9. The van der Waals surface area contributed by atoms with Gasteiger partial charge in [-0.05, 0) is 35.7 Å². The number of aliphatic hydroxyl groups is 1. The zero-order valence-corrected chi connectivity index (χ0v) is 19.6. The van der Waals surface area contributed by atoms with Gasteiger partial charge in [-0.15, -0.1) is 11.3 Å². The van der Waals surface area contributed by atoms with Crippen molar-refractivity contribution in [1.29, 1.82) is 0 Å². The van der Waals surface area contributed by atoms with Crippen LogP contribution in [0.15, 0.2) is 36.7 Å². The van der Waals surface area contributed by atoms with Gasteiger partial charge in [-0.2, -0.15) is 0 Å². The first-order valence-electron chi connectivity index (χ1n) is 9.54. The van der Waals surface area contributed by atoms with E-state index in [1.54, 1.807) is 18.2 Å². The van der Waals surface area contributed by atoms with E-state index in [0.29, 0.717) is 33.9 Å². The number of hydrogen-bond acceptors (Lipinski definition) is 7. The lowest BCUT2D eigenvalue weighted by atomic mass is 9.85. The number of aliphatic hydroxyl groups excluding tert-OH is 1. The molecule has 0 saturated heterocycles. The number of benzene rings is 1. The third-order valence-electron chi connectivity index (χ3n) is 5.02. The van der Waals surface area contributed by atoms with Crippen LogP contribution in [-0.2, 0) is 12.8 Å². The van der Waals surface area contributed by atoms with Crippen molar-refractivity contribution < 1.29 is 34.4 Å². The molecule has 0 aliphatic carbocycles. The molecule has 7 nitrogen and oxygen atoms in total. The third kappa shape index (κ3) is 5.10. The number of aromatic carboxylic acids is 1. The van der Waals surface area contributed by atoms with Gasteiger partial charge in [-0.3, -0.25) is 5.21 Å². The Morgan fingerprint density at radius 3 is 2.38 bits per heavy atom. The summed E-state index contributed by atoms with van der Waals surface area (Å²) in [4.78, 5) is 12.7. The molecular weight excluding hydrogens is 477 g/mol. The zero-order chi connectivity index (χ0) is 23.4. The van der Waals surface area contributed by atoms with Crippen LogP contribution in [0.25, 0.3) is 0 Å². The summed E-state index contributed by atoms with van der Waals surface area (Å²) in [7, 11) is 3.04. The van der Waals surface area contributed by atoms with Gasteiger partial charge in [0.15, 0.2) is 11.5 Å². The fourth-order valence-corrected chi connectivity index (χ4v) is 5.18. The molecule has 0 unspecified atom stereocenters. The highest BCUT2D eigenvalue weighted by Gasteiger charge is 2.26. The molecule has 0 spiro atoms. The van der Waals surface area contributed by atoms with E-state index in [1.165, 1.54) is 26.6 Å². The molecule has 0 aliphatic rings. The van der Waals surface area contributed by atoms with E-state index in [-0.39, 0.29) is 28.0 Å². The molecule has 0 bridgehead atoms. The van der Waals surface area contributed by atoms with Crippen molar-refractivity contribution in [3.8, 4) is 11.5 Å². The topological polar surface area (TPSA) is 103 Å². The van der Waals surface area contributed by atoms with E-state index in [1.807, 2.05) is 6.07 Å². The van der Waals surface area contributed by atoms with Gasteiger partial charge in [-0.25, -0.2) is 0 Å². The van der Waals surface area contributed by atoms with Gasteiger partial charge < -0.3 is 24.5 Å². The summed E-state index contributed by atoms with van der Waals surface area (Å²) >= 11 is 13.8. The first kappa shape index (κ1) is 24.1. The number of aromatic nitrogens is 1. The number of methoxy groups -OCH3 is 2. The molecule has 2 N–H and O–H groups in total. The maximum Gasteiger partial charge on any atom is 0.241 e. The first-order chi connectivity index (χ1) is 15.3. The third-order valence-corrected chi connectivity index (χ3v) is 6.86. The summed E-state index contributed by atoms with van der Waals surface area (Å²) in [5.74, 6) is -0.790. The number of pyridine rings is 1. The normalized spacial score (nSPS) is 11.9. The lowest BCUT2D eigenvalue weighted by Gasteiger charge is -2.21. The Morgan fingerprint density at radius 1 is 1.16 bits per heavy atom. The standard InChI is InChI=1S/C22H21Cl2NO6S/c1-30-19-4-3-12(7-20(19)31-2)14(9-16-17(23)10-25(29)11-18(16)24)15-8-13(5-6-26)32-21(15)22(27)28/h3-4,7-8,10-11,14,26H,5-6,9H2,1-2H3,(H-,27,28,29)/t14-/m0/s1. The Bertz CT molecular complexity index is 1110. The Hall–Kier alpha value is -2.52. The molecule has 0 aliphatic heterocycles. The lowest BCUT2D eigenvalue weighted by molar-refractivity contribution is -0.904. The molecule has 0 amide bonds. The predicted octanol–water partition coefficient (Wildman–Crippen LogP) is 2.87. The second kappa shape index (κ2) is 10.4. The molecular formula is C22H21Cl2NO6S. The number of rotatable bonds is 9. The van der Waals surface area contributed by atoms with Gasteiger partial charge >= 0.3 is 0 Å². The summed E-state index contributed by atoms with van der Waals surface area (Å²) in [6.07, 6.45) is 3.17. The highest BCUT2D eigenvalue weighted by atomic mass is 35.5. The van der Waals surface area contributed by atoms with Crippen LogP contribution in [0, 0.1) is 0 Å². The van der Waals surface area contributed by atoms with Crippen LogP contribution in [0.2, 0.25) is 10.0 Å². The van der Waals surface area contributed by atoms with E-state index < -0.39 is 11.9 Å². The van der Waals surface area contributed by atoms with Crippen LogP contribution in [0.5, 0.6) is 11.5 Å². The molecule has 3 rings (SSSR count). The largest absolute Gasteiger partial charge is 0.544 e. The second-order valence-electron chi connectivity index (χ2n) is 6.94. The summed E-state index contributed by atoms with van der Waals surface area (Å²) < 4.78 is 11.5. The van der Waals surface area contributed by atoms with Crippen molar-refractivity contribution in [2.24, 2.45) is 0 Å². The van der Waals surface area contributed by atoms with Gasteiger partial charge in [0.05, 0.1) is 25.1 Å². The van der Waals surface area contributed by atoms with E-state index >= 15 is 0 Å². The minimum Gasteiger partial charge on any atom is -0.544 e. The Morgan fingerprint density at radius 2 is 1.81 bits per heavy atom. The number of carboxylic acids is 1. The highest BCUT2D eigenvalue weighted by molar-refractivity contribution is 7.14. The minimum atomic E-state index is -1.31. The SMILES string of the molecule is COc1ccc([C@H](Cc2c(Cl)c[n+](O)cc2Cl)c2cc(CCO)sc2C(=O)[O-])cc1OC. The monoisotopic (exact) mass is 497 g/mol. The van der Waals surface area contributed by atoms with Crippen LogP contribution in [-0.4, -0.2) is 37.1 Å². The molecule has 2 aromatic heterocycles. The fourth-order valence-electron chi connectivity index (χ4n) is 3.53. The van der Waals surface area contributed by atoms with Crippen molar-refractivity contribution in [3.63, 3.8) is 0 Å². The summed E-state index contributed by atoms with van der Waals surface area (Å²) in [5, 5.41) is 31.4. The average molecular weight is 498 g/mol. The van der Waals surface area contributed by atoms with Gasteiger partial charge in [0, 0.05) is 34.1 Å². The van der Waals surface area contributed by atoms with Crippen molar-refractivity contribution in [3.05, 3.63) is 73.1 Å². The average Bonchev–Trinajstić information content (AvgIpc) is 3.17. The number of thiophene rings is 1. The number of carbonyl (C=O) groups is 1. The fraction of sp³-hybridized carbons (Fsp3) is 0.273. The Labute approximate surface area is 199 Å². The number of hydrogen-bond donors (Lipinski definition) is 2. The van der Waals surface area contributed by atoms with Gasteiger partial charge in [-0.1, -0.05) is 29.3 Å². The van der Waals surface area contributed by atoms with Crippen LogP contribution in [0.3, 0.4) is 0 Å². The maximum atomic E-state index is 11.9. The molecule has 170 valence electrons.